The lowest BCUT2D eigenvalue weighted by Crippen LogP contribution is -2.46. The largest absolute Gasteiger partial charge is 0.464 e. The van der Waals surface area contributed by atoms with Gasteiger partial charge in [0.1, 0.15) is 6.04 Å². The van der Waals surface area contributed by atoms with Crippen LogP contribution >= 0.6 is 0 Å². The standard InChI is InChI=1S/C21H41NO4/c1-5-9-11-12-13-14-15-16-18-22(21(24)26-8-4)19(17-10-6-2)20(23)25-7-3/h19H,5-18H2,1-4H3. The molecule has 1 atom stereocenters. The van der Waals surface area contributed by atoms with E-state index in [0.717, 1.165) is 25.7 Å². The second kappa shape index (κ2) is 17.2. The number of hydrogen-bond donors (Lipinski definition) is 0. The average molecular weight is 372 g/mol. The Morgan fingerprint density at radius 3 is 1.81 bits per heavy atom. The van der Waals surface area contributed by atoms with E-state index in [1.54, 1.807) is 18.7 Å². The number of nitrogens with zero attached hydrogens (tertiary/aromatic N) is 1. The molecule has 154 valence electrons. The van der Waals surface area contributed by atoms with Crippen molar-refractivity contribution in [2.24, 2.45) is 0 Å². The Hall–Kier alpha value is -1.26. The van der Waals surface area contributed by atoms with Crippen LogP contribution in [0.1, 0.15) is 98.3 Å². The van der Waals surface area contributed by atoms with Crippen LogP contribution in [0.25, 0.3) is 0 Å². The van der Waals surface area contributed by atoms with Gasteiger partial charge in [0.25, 0.3) is 0 Å². The van der Waals surface area contributed by atoms with Crippen LogP contribution in [-0.2, 0) is 14.3 Å². The number of unbranched alkanes of at least 4 members (excludes halogenated alkanes) is 8. The molecule has 0 N–H and O–H groups in total. The zero-order chi connectivity index (χ0) is 19.6. The van der Waals surface area contributed by atoms with Crippen LogP contribution in [0, 0.1) is 0 Å². The molecule has 0 aromatic rings. The van der Waals surface area contributed by atoms with Crippen molar-refractivity contribution in [3.63, 3.8) is 0 Å². The van der Waals surface area contributed by atoms with Gasteiger partial charge in [-0.3, -0.25) is 4.90 Å². The summed E-state index contributed by atoms with van der Waals surface area (Å²) >= 11 is 0. The minimum atomic E-state index is -0.529. The molecule has 0 saturated carbocycles. The molecule has 0 radical (unpaired) electrons. The molecule has 26 heavy (non-hydrogen) atoms. The minimum Gasteiger partial charge on any atom is -0.464 e. The van der Waals surface area contributed by atoms with Gasteiger partial charge in [-0.15, -0.1) is 0 Å². The molecule has 1 amide bonds. The van der Waals surface area contributed by atoms with Crippen molar-refractivity contribution < 1.29 is 19.1 Å². The third-order valence-corrected chi connectivity index (χ3v) is 4.52. The van der Waals surface area contributed by atoms with Crippen LogP contribution in [0.2, 0.25) is 0 Å². The average Bonchev–Trinajstić information content (AvgIpc) is 2.62. The summed E-state index contributed by atoms with van der Waals surface area (Å²) < 4.78 is 10.4. The normalized spacial score (nSPS) is 11.8. The van der Waals surface area contributed by atoms with E-state index in [0.29, 0.717) is 26.2 Å². The van der Waals surface area contributed by atoms with Gasteiger partial charge in [0.2, 0.25) is 0 Å². The topological polar surface area (TPSA) is 55.8 Å². The van der Waals surface area contributed by atoms with E-state index in [-0.39, 0.29) is 5.97 Å². The second-order valence-corrected chi connectivity index (χ2v) is 6.78. The lowest BCUT2D eigenvalue weighted by Gasteiger charge is -2.29. The fourth-order valence-electron chi connectivity index (χ4n) is 3.03. The molecule has 5 nitrogen and oxygen atoms in total. The zero-order valence-electron chi connectivity index (χ0n) is 17.6. The van der Waals surface area contributed by atoms with Gasteiger partial charge < -0.3 is 9.47 Å². The third-order valence-electron chi connectivity index (χ3n) is 4.52. The summed E-state index contributed by atoms with van der Waals surface area (Å²) in [5, 5.41) is 0. The van der Waals surface area contributed by atoms with Crippen LogP contribution in [0.5, 0.6) is 0 Å². The smallest absolute Gasteiger partial charge is 0.410 e. The molecule has 1 unspecified atom stereocenters. The maximum atomic E-state index is 12.4. The van der Waals surface area contributed by atoms with Crippen LogP contribution < -0.4 is 0 Å². The van der Waals surface area contributed by atoms with Crippen LogP contribution in [0.15, 0.2) is 0 Å². The minimum absolute atomic E-state index is 0.312. The molecule has 0 bridgehead atoms. The molecule has 0 saturated heterocycles. The van der Waals surface area contributed by atoms with Gasteiger partial charge in [-0.1, -0.05) is 71.6 Å². The highest BCUT2D eigenvalue weighted by Gasteiger charge is 2.31. The predicted octanol–water partition coefficient (Wildman–Crippen LogP) is 5.71. The lowest BCUT2D eigenvalue weighted by molar-refractivity contribution is -0.149. The number of amides is 1. The van der Waals surface area contributed by atoms with Crippen LogP contribution in [0.4, 0.5) is 4.79 Å². The molecule has 0 fully saturated rings. The summed E-state index contributed by atoms with van der Waals surface area (Å²) in [4.78, 5) is 26.3. The summed E-state index contributed by atoms with van der Waals surface area (Å²) in [5.74, 6) is -0.312. The van der Waals surface area contributed by atoms with Gasteiger partial charge in [-0.25, -0.2) is 9.59 Å². The van der Waals surface area contributed by atoms with Gasteiger partial charge in [-0.2, -0.15) is 0 Å². The number of hydrogen-bond acceptors (Lipinski definition) is 4. The summed E-state index contributed by atoms with van der Waals surface area (Å²) in [6, 6.07) is -0.529. The van der Waals surface area contributed by atoms with Gasteiger partial charge >= 0.3 is 12.1 Å². The highest BCUT2D eigenvalue weighted by atomic mass is 16.6. The van der Waals surface area contributed by atoms with Gasteiger partial charge in [0.15, 0.2) is 0 Å². The maximum Gasteiger partial charge on any atom is 0.410 e. The van der Waals surface area contributed by atoms with Crippen molar-refractivity contribution in [2.45, 2.75) is 104 Å². The van der Waals surface area contributed by atoms with E-state index < -0.39 is 12.1 Å². The Morgan fingerprint density at radius 2 is 1.27 bits per heavy atom. The summed E-state index contributed by atoms with van der Waals surface area (Å²) in [5.41, 5.74) is 0. The Balaban J connectivity index is 4.59. The predicted molar refractivity (Wildman–Crippen MR) is 106 cm³/mol. The second-order valence-electron chi connectivity index (χ2n) is 6.78. The van der Waals surface area contributed by atoms with Gasteiger partial charge in [-0.05, 0) is 26.7 Å². The summed E-state index contributed by atoms with van der Waals surface area (Å²) in [7, 11) is 0. The first-order chi connectivity index (χ1) is 12.6. The first kappa shape index (κ1) is 24.7. The zero-order valence-corrected chi connectivity index (χ0v) is 17.6. The lowest BCUT2D eigenvalue weighted by atomic mass is 10.1. The molecule has 0 aliphatic carbocycles. The molecule has 5 heteroatoms. The number of rotatable bonds is 16. The summed E-state index contributed by atoms with van der Waals surface area (Å²) in [6.07, 6.45) is 11.7. The van der Waals surface area contributed by atoms with E-state index in [1.165, 1.54) is 38.5 Å². The number of esters is 1. The quantitative estimate of drug-likeness (QED) is 0.258. The van der Waals surface area contributed by atoms with Crippen molar-refractivity contribution in [2.75, 3.05) is 19.8 Å². The fraction of sp³-hybridized carbons (Fsp3) is 0.905. The van der Waals surface area contributed by atoms with Crippen molar-refractivity contribution in [1.29, 1.82) is 0 Å². The first-order valence-electron chi connectivity index (χ1n) is 10.7. The Bertz CT molecular complexity index is 360. The molecule has 0 spiro atoms. The Kier molecular flexibility index (Phi) is 16.3. The fourth-order valence-corrected chi connectivity index (χ4v) is 3.03. The van der Waals surface area contributed by atoms with Crippen molar-refractivity contribution >= 4 is 12.1 Å². The van der Waals surface area contributed by atoms with E-state index >= 15 is 0 Å². The van der Waals surface area contributed by atoms with Gasteiger partial charge in [0.05, 0.1) is 13.2 Å². The molecule has 0 rings (SSSR count). The maximum absolute atomic E-state index is 12.4. The monoisotopic (exact) mass is 371 g/mol. The van der Waals surface area contributed by atoms with Crippen LogP contribution in [-0.4, -0.2) is 42.8 Å². The van der Waals surface area contributed by atoms with Crippen molar-refractivity contribution in [3.05, 3.63) is 0 Å². The third kappa shape index (κ3) is 11.4. The molecule has 0 heterocycles. The summed E-state index contributed by atoms with van der Waals surface area (Å²) in [6.45, 7) is 9.09. The highest BCUT2D eigenvalue weighted by Crippen LogP contribution is 2.15. The molecule has 0 aliphatic rings. The Labute approximate surface area is 160 Å². The van der Waals surface area contributed by atoms with Crippen molar-refractivity contribution in [3.8, 4) is 0 Å². The number of carbonyl (C=O) groups is 2. The molecular formula is C21H41NO4. The van der Waals surface area contributed by atoms with E-state index in [4.69, 9.17) is 9.47 Å². The first-order valence-corrected chi connectivity index (χ1v) is 10.7. The molecule has 0 aromatic heterocycles. The Morgan fingerprint density at radius 1 is 0.731 bits per heavy atom. The SMILES string of the molecule is CCCCCCCCCCN(C(=O)OCC)C(CCCC)C(=O)OCC. The van der Waals surface area contributed by atoms with Crippen molar-refractivity contribution in [1.82, 2.24) is 4.90 Å². The van der Waals surface area contributed by atoms with E-state index in [9.17, 15) is 9.59 Å². The molecular weight excluding hydrogens is 330 g/mol. The van der Waals surface area contributed by atoms with Crippen LogP contribution in [0.3, 0.4) is 0 Å². The highest BCUT2D eigenvalue weighted by molar-refractivity contribution is 5.81. The number of carbonyl (C=O) groups excluding carboxylic acids is 2. The number of ether oxygens (including phenoxy) is 2. The van der Waals surface area contributed by atoms with E-state index in [2.05, 4.69) is 13.8 Å². The molecule has 0 aliphatic heterocycles. The van der Waals surface area contributed by atoms with Gasteiger partial charge in [0, 0.05) is 6.54 Å². The molecule has 0 aromatic carbocycles. The van der Waals surface area contributed by atoms with E-state index in [1.807, 2.05) is 0 Å².